The molecule has 4 heteroatoms. The third-order valence-electron chi connectivity index (χ3n) is 4.15. The number of para-hydroxylation sites is 1. The lowest BCUT2D eigenvalue weighted by molar-refractivity contribution is 0.307. The molecule has 1 N–H and O–H groups in total. The maximum atomic E-state index is 6.19. The number of anilines is 1. The summed E-state index contributed by atoms with van der Waals surface area (Å²) >= 11 is 0. The summed E-state index contributed by atoms with van der Waals surface area (Å²) in [6.07, 6.45) is 0. The summed E-state index contributed by atoms with van der Waals surface area (Å²) in [5.74, 6) is 0.789. The largest absolute Gasteiger partial charge is 0.487 e. The second-order valence-corrected chi connectivity index (χ2v) is 6.34. The molecule has 0 unspecified atom stereocenters. The molecule has 3 rings (SSSR count). The van der Waals surface area contributed by atoms with Crippen molar-refractivity contribution < 1.29 is 4.74 Å². The van der Waals surface area contributed by atoms with Gasteiger partial charge in [0, 0.05) is 25.2 Å². The molecule has 0 amide bonds. The smallest absolute Gasteiger partial charge is 0.136 e. The minimum absolute atomic E-state index is 0.446. The van der Waals surface area contributed by atoms with Crippen LogP contribution in [0.2, 0.25) is 0 Å². The number of benzene rings is 2. The van der Waals surface area contributed by atoms with Gasteiger partial charge in [-0.25, -0.2) is 0 Å². The Hall–Kier alpha value is -1.94. The van der Waals surface area contributed by atoms with Crippen molar-refractivity contribution in [2.45, 2.75) is 32.5 Å². The quantitative estimate of drug-likeness (QED) is 0.877. The number of ether oxygens (including phenoxy) is 1. The van der Waals surface area contributed by atoms with Gasteiger partial charge in [-0.3, -0.25) is 0 Å². The Kier molecular flexibility index (Phi) is 4.92. The summed E-state index contributed by atoms with van der Waals surface area (Å²) < 4.78 is 6.09. The third kappa shape index (κ3) is 3.88. The Bertz CT molecular complexity index is 637. The van der Waals surface area contributed by atoms with Gasteiger partial charge in [0.1, 0.15) is 20.2 Å². The first-order valence-electron chi connectivity index (χ1n) is 8.19. The van der Waals surface area contributed by atoms with Gasteiger partial charge in [-0.2, -0.15) is 0 Å². The number of rotatable bonds is 4. The van der Waals surface area contributed by atoms with E-state index in [1.807, 2.05) is 30.3 Å². The molecular formula is C19H23BN2O. The van der Waals surface area contributed by atoms with Crippen molar-refractivity contribution >= 4 is 19.0 Å². The summed E-state index contributed by atoms with van der Waals surface area (Å²) in [5, 5.41) is 3.56. The molecule has 3 nitrogen and oxygen atoms in total. The number of piperazine rings is 1. The Labute approximate surface area is 140 Å². The molecule has 0 bridgehead atoms. The van der Waals surface area contributed by atoms with Gasteiger partial charge >= 0.3 is 0 Å². The first-order valence-corrected chi connectivity index (χ1v) is 8.19. The fraction of sp³-hybridized carbons (Fsp3) is 0.368. The van der Waals surface area contributed by atoms with Crippen LogP contribution in [0.3, 0.4) is 0 Å². The summed E-state index contributed by atoms with van der Waals surface area (Å²) in [6.45, 7) is 6.85. The van der Waals surface area contributed by atoms with Gasteiger partial charge < -0.3 is 15.0 Å². The molecule has 23 heavy (non-hydrogen) atoms. The van der Waals surface area contributed by atoms with Gasteiger partial charge in [-0.15, -0.1) is 0 Å². The molecule has 1 fully saturated rings. The molecule has 0 aliphatic carbocycles. The fourth-order valence-electron chi connectivity index (χ4n) is 3.20. The van der Waals surface area contributed by atoms with Gasteiger partial charge in [0.05, 0.1) is 5.69 Å². The lowest BCUT2D eigenvalue weighted by Gasteiger charge is -2.38. The minimum Gasteiger partial charge on any atom is -0.487 e. The van der Waals surface area contributed by atoms with Crippen LogP contribution in [0.25, 0.3) is 0 Å². The van der Waals surface area contributed by atoms with Crippen LogP contribution >= 0.6 is 0 Å². The molecule has 2 atom stereocenters. The van der Waals surface area contributed by atoms with Crippen molar-refractivity contribution in [1.29, 1.82) is 0 Å². The maximum absolute atomic E-state index is 6.19. The number of nitrogens with zero attached hydrogens (tertiary/aromatic N) is 1. The van der Waals surface area contributed by atoms with E-state index in [0.29, 0.717) is 24.2 Å². The number of hydrogen-bond acceptors (Lipinski definition) is 3. The maximum Gasteiger partial charge on any atom is 0.136 e. The van der Waals surface area contributed by atoms with Gasteiger partial charge in [-0.05, 0) is 25.5 Å². The number of hydrogen-bond donors (Lipinski definition) is 1. The highest BCUT2D eigenvalue weighted by Crippen LogP contribution is 2.28. The monoisotopic (exact) mass is 306 g/mol. The fourth-order valence-corrected chi connectivity index (χ4v) is 3.20. The topological polar surface area (TPSA) is 24.5 Å². The van der Waals surface area contributed by atoms with Crippen molar-refractivity contribution in [1.82, 2.24) is 5.32 Å². The van der Waals surface area contributed by atoms with E-state index in [2.05, 4.69) is 42.3 Å². The lowest BCUT2D eigenvalue weighted by atomic mass is 9.93. The van der Waals surface area contributed by atoms with E-state index in [0.717, 1.165) is 30.1 Å². The summed E-state index contributed by atoms with van der Waals surface area (Å²) in [6, 6.07) is 17.1. The lowest BCUT2D eigenvalue weighted by Crippen LogP contribution is -2.54. The van der Waals surface area contributed by atoms with Gasteiger partial charge in [0.15, 0.2) is 0 Å². The van der Waals surface area contributed by atoms with Crippen LogP contribution in [-0.2, 0) is 6.61 Å². The molecular weight excluding hydrogens is 283 g/mol. The molecule has 118 valence electrons. The van der Waals surface area contributed by atoms with E-state index >= 15 is 0 Å². The highest BCUT2D eigenvalue weighted by molar-refractivity contribution is 6.34. The molecule has 1 aliphatic rings. The van der Waals surface area contributed by atoms with E-state index in [1.165, 1.54) is 0 Å². The van der Waals surface area contributed by atoms with Crippen LogP contribution in [0.15, 0.2) is 48.5 Å². The van der Waals surface area contributed by atoms with Crippen LogP contribution in [-0.4, -0.2) is 33.0 Å². The second-order valence-electron chi connectivity index (χ2n) is 6.34. The molecule has 0 spiro atoms. The van der Waals surface area contributed by atoms with Crippen molar-refractivity contribution in [3.05, 3.63) is 54.1 Å². The van der Waals surface area contributed by atoms with Gasteiger partial charge in [-0.1, -0.05) is 47.9 Å². The van der Waals surface area contributed by atoms with E-state index in [1.54, 1.807) is 0 Å². The van der Waals surface area contributed by atoms with Crippen molar-refractivity contribution in [2.24, 2.45) is 0 Å². The highest BCUT2D eigenvalue weighted by Gasteiger charge is 2.23. The zero-order valence-electron chi connectivity index (χ0n) is 13.8. The normalized spacial score (nSPS) is 21.2. The molecule has 0 saturated carbocycles. The van der Waals surface area contributed by atoms with Crippen LogP contribution in [0.5, 0.6) is 5.75 Å². The molecule has 2 radical (unpaired) electrons. The van der Waals surface area contributed by atoms with Gasteiger partial charge in [0.25, 0.3) is 0 Å². The van der Waals surface area contributed by atoms with E-state index < -0.39 is 0 Å². The molecule has 2 aromatic carbocycles. The van der Waals surface area contributed by atoms with Crippen LogP contribution in [0, 0.1) is 0 Å². The summed E-state index contributed by atoms with van der Waals surface area (Å²) in [7, 11) is 6.19. The van der Waals surface area contributed by atoms with Gasteiger partial charge in [0.2, 0.25) is 0 Å². The Morgan fingerprint density at radius 1 is 1.04 bits per heavy atom. The molecule has 0 aromatic heterocycles. The molecule has 1 saturated heterocycles. The zero-order chi connectivity index (χ0) is 16.2. The standard InChI is InChI=1S/C19H23BN2O/c1-14-11-22(12-15(2)21-14)18-10-6-9-17(20)19(18)23-13-16-7-4-3-5-8-16/h3-10,14-15,21H,11-13H2,1-2H3/t14-,15+. The average molecular weight is 306 g/mol. The Morgan fingerprint density at radius 3 is 2.43 bits per heavy atom. The third-order valence-corrected chi connectivity index (χ3v) is 4.15. The van der Waals surface area contributed by atoms with Crippen molar-refractivity contribution in [3.63, 3.8) is 0 Å². The zero-order valence-corrected chi connectivity index (χ0v) is 13.8. The Morgan fingerprint density at radius 2 is 1.74 bits per heavy atom. The second kappa shape index (κ2) is 7.09. The molecule has 2 aromatic rings. The molecule has 1 heterocycles. The predicted octanol–water partition coefficient (Wildman–Crippen LogP) is 2.25. The average Bonchev–Trinajstić information content (AvgIpc) is 2.53. The summed E-state index contributed by atoms with van der Waals surface area (Å²) in [4.78, 5) is 2.36. The van der Waals surface area contributed by atoms with E-state index in [9.17, 15) is 0 Å². The first-order chi connectivity index (χ1) is 11.1. The van der Waals surface area contributed by atoms with Crippen molar-refractivity contribution in [2.75, 3.05) is 18.0 Å². The predicted molar refractivity (Wildman–Crippen MR) is 96.9 cm³/mol. The summed E-state index contributed by atoms with van der Waals surface area (Å²) in [5.41, 5.74) is 2.92. The van der Waals surface area contributed by atoms with Crippen LogP contribution in [0.4, 0.5) is 5.69 Å². The van der Waals surface area contributed by atoms with E-state index in [-0.39, 0.29) is 0 Å². The SMILES string of the molecule is [B]c1cccc(N2C[C@@H](C)N[C@@H](C)C2)c1OCc1ccccc1. The highest BCUT2D eigenvalue weighted by atomic mass is 16.5. The minimum atomic E-state index is 0.446. The van der Waals surface area contributed by atoms with Crippen LogP contribution < -0.4 is 20.4 Å². The van der Waals surface area contributed by atoms with Crippen molar-refractivity contribution in [3.8, 4) is 5.75 Å². The molecule has 1 aliphatic heterocycles. The number of nitrogens with one attached hydrogen (secondary N) is 1. The Balaban J connectivity index is 1.82. The van der Waals surface area contributed by atoms with Crippen LogP contribution in [0.1, 0.15) is 19.4 Å². The van der Waals surface area contributed by atoms with E-state index in [4.69, 9.17) is 12.6 Å². The first kappa shape index (κ1) is 15.9.